The molecule has 0 spiro atoms. The Morgan fingerprint density at radius 1 is 1.18 bits per heavy atom. The number of aromatic nitrogens is 1. The molecule has 2 aromatic carbocycles. The first-order valence-corrected chi connectivity index (χ1v) is 9.24. The van der Waals surface area contributed by atoms with E-state index in [1.165, 1.54) is 11.4 Å². The molecule has 9 heteroatoms. The van der Waals surface area contributed by atoms with E-state index in [0.717, 1.165) is 23.5 Å². The molecule has 0 fully saturated rings. The molecule has 3 aromatic rings. The Kier molecular flexibility index (Phi) is 5.90. The first-order valence-electron chi connectivity index (χ1n) is 7.98. The maximum absolute atomic E-state index is 13.1. The highest BCUT2D eigenvalue weighted by Crippen LogP contribution is 2.34. The molecule has 1 aromatic heterocycles. The fraction of sp³-hybridized carbons (Fsp3) is 0.158. The third kappa shape index (κ3) is 4.82. The van der Waals surface area contributed by atoms with Crippen LogP contribution in [0.5, 0.6) is 5.75 Å². The molecular formula is C19H13ClF3NO3S. The molecule has 1 N–H and O–H groups in total. The van der Waals surface area contributed by atoms with Gasteiger partial charge in [-0.05, 0) is 24.3 Å². The van der Waals surface area contributed by atoms with Gasteiger partial charge in [-0.25, -0.2) is 9.78 Å². The van der Waals surface area contributed by atoms with Gasteiger partial charge in [0.05, 0.1) is 10.6 Å². The number of ether oxygens (including phenoxy) is 1. The SMILES string of the molecule is O=C(O)c1csc(Cc2cc(C(F)(F)F)ccc2OCc2ccccc2Cl)n1. The summed E-state index contributed by atoms with van der Waals surface area (Å²) in [4.78, 5) is 14.9. The van der Waals surface area contributed by atoms with Crippen molar-refractivity contribution in [3.63, 3.8) is 0 Å². The molecule has 3 rings (SSSR count). The highest BCUT2D eigenvalue weighted by Gasteiger charge is 2.31. The number of aromatic carboxylic acids is 1. The summed E-state index contributed by atoms with van der Waals surface area (Å²) in [6, 6.07) is 10.2. The molecule has 0 radical (unpaired) electrons. The molecular weight excluding hydrogens is 415 g/mol. The monoisotopic (exact) mass is 427 g/mol. The van der Waals surface area contributed by atoms with Crippen LogP contribution in [-0.4, -0.2) is 16.1 Å². The van der Waals surface area contributed by atoms with Gasteiger partial charge in [0.1, 0.15) is 12.4 Å². The first-order chi connectivity index (χ1) is 13.2. The Labute approximate surface area is 167 Å². The van der Waals surface area contributed by atoms with Crippen molar-refractivity contribution in [1.82, 2.24) is 4.98 Å². The van der Waals surface area contributed by atoms with Gasteiger partial charge in [-0.15, -0.1) is 11.3 Å². The van der Waals surface area contributed by atoms with Crippen molar-refractivity contribution in [1.29, 1.82) is 0 Å². The second-order valence-electron chi connectivity index (χ2n) is 5.81. The van der Waals surface area contributed by atoms with Crippen LogP contribution in [0.15, 0.2) is 47.8 Å². The van der Waals surface area contributed by atoms with Crippen molar-refractivity contribution < 1.29 is 27.8 Å². The minimum atomic E-state index is -4.51. The normalized spacial score (nSPS) is 11.4. The Morgan fingerprint density at radius 2 is 1.93 bits per heavy atom. The van der Waals surface area contributed by atoms with Crippen LogP contribution >= 0.6 is 22.9 Å². The molecule has 0 bridgehead atoms. The zero-order chi connectivity index (χ0) is 20.3. The van der Waals surface area contributed by atoms with E-state index in [-0.39, 0.29) is 30.0 Å². The van der Waals surface area contributed by atoms with E-state index in [1.54, 1.807) is 24.3 Å². The summed E-state index contributed by atoms with van der Waals surface area (Å²) in [6.07, 6.45) is -4.50. The first kappa shape index (κ1) is 20.2. The molecule has 0 unspecified atom stereocenters. The Hall–Kier alpha value is -2.58. The molecule has 1 heterocycles. The zero-order valence-electron chi connectivity index (χ0n) is 14.2. The van der Waals surface area contributed by atoms with Crippen LogP contribution in [-0.2, 0) is 19.2 Å². The lowest BCUT2D eigenvalue weighted by molar-refractivity contribution is -0.137. The topological polar surface area (TPSA) is 59.4 Å². The number of carboxylic acid groups (broad SMARTS) is 1. The van der Waals surface area contributed by atoms with Crippen molar-refractivity contribution in [2.24, 2.45) is 0 Å². The van der Waals surface area contributed by atoms with Crippen LogP contribution in [0, 0.1) is 0 Å². The van der Waals surface area contributed by atoms with Crippen molar-refractivity contribution >= 4 is 28.9 Å². The lowest BCUT2D eigenvalue weighted by Crippen LogP contribution is -2.07. The van der Waals surface area contributed by atoms with E-state index in [4.69, 9.17) is 21.4 Å². The van der Waals surface area contributed by atoms with E-state index in [9.17, 15) is 18.0 Å². The summed E-state index contributed by atoms with van der Waals surface area (Å²) >= 11 is 7.15. The number of nitrogens with zero attached hydrogens (tertiary/aromatic N) is 1. The van der Waals surface area contributed by atoms with Crippen LogP contribution in [0.25, 0.3) is 0 Å². The lowest BCUT2D eigenvalue weighted by atomic mass is 10.1. The summed E-state index contributed by atoms with van der Waals surface area (Å²) in [6.45, 7) is 0.0796. The van der Waals surface area contributed by atoms with Crippen LogP contribution < -0.4 is 4.74 Å². The largest absolute Gasteiger partial charge is 0.489 e. The number of alkyl halides is 3. The van der Waals surface area contributed by atoms with Gasteiger partial charge in [0.2, 0.25) is 0 Å². The van der Waals surface area contributed by atoms with Crippen molar-refractivity contribution in [3.8, 4) is 5.75 Å². The molecule has 0 aliphatic heterocycles. The van der Waals surface area contributed by atoms with Crippen LogP contribution in [0.4, 0.5) is 13.2 Å². The summed E-state index contributed by atoms with van der Waals surface area (Å²) in [7, 11) is 0. The van der Waals surface area contributed by atoms with Crippen LogP contribution in [0.2, 0.25) is 5.02 Å². The maximum atomic E-state index is 13.1. The summed E-state index contributed by atoms with van der Waals surface area (Å²) < 4.78 is 45.0. The average molecular weight is 428 g/mol. The van der Waals surface area contributed by atoms with Gasteiger partial charge in [0, 0.05) is 28.0 Å². The van der Waals surface area contributed by atoms with Crippen molar-refractivity contribution in [2.45, 2.75) is 19.2 Å². The minimum Gasteiger partial charge on any atom is -0.489 e. The molecule has 0 atom stereocenters. The van der Waals surface area contributed by atoms with E-state index in [1.807, 2.05) is 0 Å². The fourth-order valence-electron chi connectivity index (χ4n) is 2.46. The van der Waals surface area contributed by atoms with E-state index < -0.39 is 17.7 Å². The van der Waals surface area contributed by atoms with Gasteiger partial charge in [-0.2, -0.15) is 13.2 Å². The number of thiazole rings is 1. The van der Waals surface area contributed by atoms with E-state index in [2.05, 4.69) is 4.98 Å². The van der Waals surface area contributed by atoms with Gasteiger partial charge in [-0.3, -0.25) is 0 Å². The van der Waals surface area contributed by atoms with E-state index >= 15 is 0 Å². The second-order valence-corrected chi connectivity index (χ2v) is 7.16. The summed E-state index contributed by atoms with van der Waals surface area (Å²) in [5, 5.41) is 11.2. The average Bonchev–Trinajstić information content (AvgIpc) is 3.10. The number of carboxylic acids is 1. The summed E-state index contributed by atoms with van der Waals surface area (Å²) in [5.41, 5.74) is -0.0151. The van der Waals surface area contributed by atoms with Gasteiger partial charge >= 0.3 is 12.1 Å². The maximum Gasteiger partial charge on any atom is 0.416 e. The molecule has 0 aliphatic rings. The van der Waals surface area contributed by atoms with Gasteiger partial charge < -0.3 is 9.84 Å². The predicted molar refractivity (Wildman–Crippen MR) is 99.1 cm³/mol. The number of hydrogen-bond donors (Lipinski definition) is 1. The summed E-state index contributed by atoms with van der Waals surface area (Å²) in [5.74, 6) is -0.943. The number of rotatable bonds is 6. The van der Waals surface area contributed by atoms with Gasteiger partial charge in [0.15, 0.2) is 5.69 Å². The molecule has 0 aliphatic carbocycles. The van der Waals surface area contributed by atoms with Crippen molar-refractivity contribution in [2.75, 3.05) is 0 Å². The highest BCUT2D eigenvalue weighted by atomic mass is 35.5. The number of benzene rings is 2. The number of hydrogen-bond acceptors (Lipinski definition) is 4. The standard InChI is InChI=1S/C19H13ClF3NO3S/c20-14-4-2-1-3-11(14)9-27-16-6-5-13(19(21,22)23)7-12(16)8-17-24-15(10-28-17)18(25)26/h1-7,10H,8-9H2,(H,25,26). The molecule has 4 nitrogen and oxygen atoms in total. The Balaban J connectivity index is 1.89. The molecule has 0 saturated heterocycles. The minimum absolute atomic E-state index is 0.0136. The van der Waals surface area contributed by atoms with E-state index in [0.29, 0.717) is 15.6 Å². The van der Waals surface area contributed by atoms with Crippen LogP contribution in [0.1, 0.15) is 32.2 Å². The third-order valence-electron chi connectivity index (χ3n) is 3.84. The Bertz CT molecular complexity index is 1000. The Morgan fingerprint density at radius 3 is 2.57 bits per heavy atom. The smallest absolute Gasteiger partial charge is 0.416 e. The lowest BCUT2D eigenvalue weighted by Gasteiger charge is -2.14. The van der Waals surface area contributed by atoms with Gasteiger partial charge in [-0.1, -0.05) is 29.8 Å². The number of carbonyl (C=O) groups is 1. The molecule has 28 heavy (non-hydrogen) atoms. The zero-order valence-corrected chi connectivity index (χ0v) is 15.7. The number of halogens is 4. The highest BCUT2D eigenvalue weighted by molar-refractivity contribution is 7.09. The second kappa shape index (κ2) is 8.20. The molecule has 0 saturated carbocycles. The van der Waals surface area contributed by atoms with Crippen molar-refractivity contribution in [3.05, 3.63) is 80.3 Å². The van der Waals surface area contributed by atoms with Crippen LogP contribution in [0.3, 0.4) is 0 Å². The third-order valence-corrected chi connectivity index (χ3v) is 5.06. The molecule has 0 amide bonds. The fourth-order valence-corrected chi connectivity index (χ4v) is 3.44. The predicted octanol–water partition coefficient (Wildman–Crippen LogP) is 5.68. The molecule has 146 valence electrons. The quantitative estimate of drug-likeness (QED) is 0.549. The van der Waals surface area contributed by atoms with Gasteiger partial charge in [0.25, 0.3) is 0 Å².